The van der Waals surface area contributed by atoms with E-state index in [1.807, 2.05) is 6.92 Å². The second-order valence-electron chi connectivity index (χ2n) is 2.79. The zero-order chi connectivity index (χ0) is 11.3. The first kappa shape index (κ1) is 17.6. The van der Waals surface area contributed by atoms with E-state index >= 15 is 0 Å². The van der Waals surface area contributed by atoms with Gasteiger partial charge in [-0.2, -0.15) is 0 Å². The molecule has 0 aliphatic carbocycles. The van der Waals surface area contributed by atoms with Gasteiger partial charge in [0.15, 0.2) is 0 Å². The van der Waals surface area contributed by atoms with Gasteiger partial charge in [-0.05, 0) is 18.6 Å². The van der Waals surface area contributed by atoms with Crippen LogP contribution in [0.5, 0.6) is 0 Å². The van der Waals surface area contributed by atoms with Crippen molar-refractivity contribution in [1.29, 1.82) is 0 Å². The Bertz CT molecular complexity index is 354. The lowest BCUT2D eigenvalue weighted by atomic mass is 10.4. The van der Waals surface area contributed by atoms with Crippen LogP contribution in [0.2, 0.25) is 0 Å². The number of furan rings is 1. The van der Waals surface area contributed by atoms with Crippen LogP contribution in [-0.2, 0) is 9.47 Å². The summed E-state index contributed by atoms with van der Waals surface area (Å²) in [6, 6.07) is 2.75. The van der Waals surface area contributed by atoms with Crippen molar-refractivity contribution in [2.45, 2.75) is 28.2 Å². The maximum Gasteiger partial charge on any atom is 0.374 e. The molecule has 0 spiro atoms. The largest absolute Gasteiger partial charge is 0.463 e. The highest BCUT2D eigenvalue weighted by molar-refractivity contribution is 5.90. The highest BCUT2D eigenvalue weighted by atomic mass is 16.6. The third-order valence-electron chi connectivity index (χ3n) is 1.63. The minimum atomic E-state index is -0.621. The summed E-state index contributed by atoms with van der Waals surface area (Å²) in [7, 11) is 1.24. The molecule has 0 unspecified atom stereocenters. The maximum absolute atomic E-state index is 11.3. The van der Waals surface area contributed by atoms with Gasteiger partial charge >= 0.3 is 11.9 Å². The first-order valence-electron chi connectivity index (χ1n) is 4.54. The van der Waals surface area contributed by atoms with E-state index in [2.05, 4.69) is 4.74 Å². The van der Waals surface area contributed by atoms with Crippen molar-refractivity contribution in [3.8, 4) is 0 Å². The molecule has 0 saturated carbocycles. The summed E-state index contributed by atoms with van der Waals surface area (Å²) >= 11 is 0. The number of carbonyl (C=O) groups excluding carboxylic acids is 2. The van der Waals surface area contributed by atoms with E-state index in [9.17, 15) is 9.59 Å². The minimum Gasteiger partial charge on any atom is -0.463 e. The fraction of sp³-hybridized carbons (Fsp3) is 0.500. The van der Waals surface area contributed by atoms with Crippen molar-refractivity contribution >= 4 is 11.9 Å². The molecular formula is C12H20O5. The van der Waals surface area contributed by atoms with Gasteiger partial charge in [0.2, 0.25) is 11.5 Å². The van der Waals surface area contributed by atoms with Crippen LogP contribution in [0.4, 0.5) is 0 Å². The van der Waals surface area contributed by atoms with Gasteiger partial charge in [0.25, 0.3) is 0 Å². The molecule has 1 aromatic heterocycles. The smallest absolute Gasteiger partial charge is 0.374 e. The van der Waals surface area contributed by atoms with Crippen molar-refractivity contribution < 1.29 is 23.5 Å². The molecule has 0 amide bonds. The second-order valence-corrected chi connectivity index (χ2v) is 2.79. The molecule has 1 aromatic rings. The van der Waals surface area contributed by atoms with Gasteiger partial charge in [0.1, 0.15) is 0 Å². The Morgan fingerprint density at radius 2 is 1.71 bits per heavy atom. The Hall–Kier alpha value is -1.78. The molecule has 17 heavy (non-hydrogen) atoms. The molecule has 0 saturated heterocycles. The molecule has 0 N–H and O–H groups in total. The van der Waals surface area contributed by atoms with Crippen molar-refractivity contribution in [1.82, 2.24) is 0 Å². The third-order valence-corrected chi connectivity index (χ3v) is 1.63. The Kier molecular flexibility index (Phi) is 8.68. The van der Waals surface area contributed by atoms with Gasteiger partial charge < -0.3 is 13.9 Å². The van der Waals surface area contributed by atoms with Gasteiger partial charge in [-0.1, -0.05) is 21.8 Å². The number of rotatable bonds is 4. The summed E-state index contributed by atoms with van der Waals surface area (Å²) in [5, 5.41) is 0. The molecule has 5 heteroatoms. The number of esters is 2. The van der Waals surface area contributed by atoms with Crippen molar-refractivity contribution in [3.63, 3.8) is 0 Å². The van der Waals surface area contributed by atoms with Crippen molar-refractivity contribution in [3.05, 3.63) is 23.7 Å². The van der Waals surface area contributed by atoms with Gasteiger partial charge in [0, 0.05) is 0 Å². The van der Waals surface area contributed by atoms with E-state index in [0.717, 1.165) is 6.42 Å². The fourth-order valence-corrected chi connectivity index (χ4v) is 0.924. The molecule has 0 aromatic carbocycles. The first-order valence-corrected chi connectivity index (χ1v) is 4.54. The summed E-state index contributed by atoms with van der Waals surface area (Å²) in [5.74, 6) is -1.21. The van der Waals surface area contributed by atoms with Crippen molar-refractivity contribution in [2.24, 2.45) is 0 Å². The van der Waals surface area contributed by atoms with Gasteiger partial charge in [0.05, 0.1) is 13.7 Å². The second kappa shape index (κ2) is 8.38. The first-order chi connectivity index (χ1) is 7.19. The Morgan fingerprint density at radius 1 is 1.18 bits per heavy atom. The molecule has 0 aliphatic heterocycles. The average molecular weight is 244 g/mol. The summed E-state index contributed by atoms with van der Waals surface area (Å²) < 4.78 is 14.2. The quantitative estimate of drug-likeness (QED) is 0.762. The third kappa shape index (κ3) is 4.72. The summed E-state index contributed by atoms with van der Waals surface area (Å²) in [6.45, 7) is 2.21. The fourth-order valence-electron chi connectivity index (χ4n) is 0.924. The van der Waals surface area contributed by atoms with E-state index in [4.69, 9.17) is 9.15 Å². The van der Waals surface area contributed by atoms with E-state index in [-0.39, 0.29) is 26.4 Å². The minimum absolute atomic E-state index is 0. The van der Waals surface area contributed by atoms with Crippen LogP contribution in [0.1, 0.15) is 49.3 Å². The standard InChI is InChI=1S/C10H12O5.2CH4/c1-3-6-14-10(12)8-5-4-7(15-8)9(11)13-2;;/h4-5H,3,6H2,1-2H3;2*1H4. The van der Waals surface area contributed by atoms with E-state index < -0.39 is 11.9 Å². The molecule has 0 fully saturated rings. The Morgan fingerprint density at radius 3 is 2.18 bits per heavy atom. The highest BCUT2D eigenvalue weighted by Gasteiger charge is 2.16. The van der Waals surface area contributed by atoms with Gasteiger partial charge in [-0.15, -0.1) is 0 Å². The molecule has 0 aliphatic rings. The van der Waals surface area contributed by atoms with Gasteiger partial charge in [-0.3, -0.25) is 0 Å². The van der Waals surface area contributed by atoms with E-state index in [1.54, 1.807) is 0 Å². The molecule has 0 bridgehead atoms. The Labute approximate surface area is 102 Å². The topological polar surface area (TPSA) is 65.7 Å². The van der Waals surface area contributed by atoms with Crippen LogP contribution < -0.4 is 0 Å². The lowest BCUT2D eigenvalue weighted by Crippen LogP contribution is -2.05. The molecule has 0 radical (unpaired) electrons. The molecule has 98 valence electrons. The number of carbonyl (C=O) groups is 2. The van der Waals surface area contributed by atoms with Crippen molar-refractivity contribution in [2.75, 3.05) is 13.7 Å². The van der Waals surface area contributed by atoms with E-state index in [1.165, 1.54) is 19.2 Å². The number of hydrogen-bond donors (Lipinski definition) is 0. The lowest BCUT2D eigenvalue weighted by Gasteiger charge is -1.98. The van der Waals surface area contributed by atoms with Crippen LogP contribution in [-0.4, -0.2) is 25.7 Å². The van der Waals surface area contributed by atoms with Crippen LogP contribution in [0.15, 0.2) is 16.5 Å². The van der Waals surface area contributed by atoms with Crippen LogP contribution in [0, 0.1) is 0 Å². The zero-order valence-corrected chi connectivity index (χ0v) is 8.61. The van der Waals surface area contributed by atoms with Gasteiger partial charge in [-0.25, -0.2) is 9.59 Å². The molecule has 0 atom stereocenters. The van der Waals surface area contributed by atoms with Crippen LogP contribution >= 0.6 is 0 Å². The summed E-state index contributed by atoms with van der Waals surface area (Å²) in [5.41, 5.74) is 0. The predicted octanol–water partition coefficient (Wildman–Crippen LogP) is 2.91. The van der Waals surface area contributed by atoms with E-state index in [0.29, 0.717) is 6.61 Å². The number of methoxy groups -OCH3 is 1. The summed E-state index contributed by atoms with van der Waals surface area (Å²) in [4.78, 5) is 22.3. The number of ether oxygens (including phenoxy) is 2. The molecule has 1 heterocycles. The molecule has 5 nitrogen and oxygen atoms in total. The monoisotopic (exact) mass is 244 g/mol. The number of hydrogen-bond acceptors (Lipinski definition) is 5. The highest BCUT2D eigenvalue weighted by Crippen LogP contribution is 2.10. The lowest BCUT2D eigenvalue weighted by molar-refractivity contribution is 0.0458. The van der Waals surface area contributed by atoms with Crippen LogP contribution in [0.25, 0.3) is 0 Å². The normalized spacial score (nSPS) is 8.59. The Balaban J connectivity index is 0. The molecule has 1 rings (SSSR count). The SMILES string of the molecule is C.C.CCCOC(=O)c1ccc(C(=O)OC)o1. The average Bonchev–Trinajstić information content (AvgIpc) is 2.74. The zero-order valence-electron chi connectivity index (χ0n) is 8.61. The van der Waals surface area contributed by atoms with Crippen LogP contribution in [0.3, 0.4) is 0 Å². The maximum atomic E-state index is 11.3. The summed E-state index contributed by atoms with van der Waals surface area (Å²) in [6.07, 6.45) is 0.732. The predicted molar refractivity (Wildman–Crippen MR) is 64.1 cm³/mol. The molecular weight excluding hydrogens is 224 g/mol.